The molecule has 0 saturated heterocycles. The Kier molecular flexibility index (Phi) is 8.14. The smallest absolute Gasteiger partial charge is 0.190 e. The molecule has 0 N–H and O–H groups in total. The van der Waals surface area contributed by atoms with Crippen LogP contribution in [0.5, 0.6) is 5.75 Å². The van der Waals surface area contributed by atoms with Crippen molar-refractivity contribution in [2.45, 2.75) is 40.0 Å². The Morgan fingerprint density at radius 3 is 1.75 bits per heavy atom. The topological polar surface area (TPSA) is 9.23 Å². The average molecular weight is 489 g/mol. The summed E-state index contributed by atoms with van der Waals surface area (Å²) in [4.78, 5) is 0. The standard InChI is InChI=1S/C32H31F3O/c1-4-5-6-22-7-9-23(10-8-22)26-15-16-28(29(33)17-26)25-13-11-24(12-14-25)27-18-30(34)32(31(35)19-27)36-20-21(2)3/h7-19,21H,4-6,20H2,1-3H3. The van der Waals surface area contributed by atoms with Crippen molar-refractivity contribution in [1.82, 2.24) is 0 Å². The molecule has 4 aromatic rings. The number of ether oxygens (including phenoxy) is 1. The largest absolute Gasteiger partial charge is 0.487 e. The summed E-state index contributed by atoms with van der Waals surface area (Å²) in [6.45, 7) is 6.23. The predicted molar refractivity (Wildman–Crippen MR) is 142 cm³/mol. The lowest BCUT2D eigenvalue weighted by molar-refractivity contribution is 0.247. The second-order valence-electron chi connectivity index (χ2n) is 9.55. The summed E-state index contributed by atoms with van der Waals surface area (Å²) in [7, 11) is 0. The third-order valence-corrected chi connectivity index (χ3v) is 6.16. The van der Waals surface area contributed by atoms with Crippen LogP contribution in [0.4, 0.5) is 13.2 Å². The second-order valence-corrected chi connectivity index (χ2v) is 9.55. The van der Waals surface area contributed by atoms with Crippen LogP contribution in [0.15, 0.2) is 78.9 Å². The van der Waals surface area contributed by atoms with Crippen LogP contribution >= 0.6 is 0 Å². The summed E-state index contributed by atoms with van der Waals surface area (Å²) in [5.74, 6) is -2.01. The zero-order valence-electron chi connectivity index (χ0n) is 21.0. The molecular formula is C32H31F3O. The number of benzene rings is 4. The summed E-state index contributed by atoms with van der Waals surface area (Å²) in [5.41, 5.74) is 5.27. The third-order valence-electron chi connectivity index (χ3n) is 6.16. The highest BCUT2D eigenvalue weighted by atomic mass is 19.1. The highest BCUT2D eigenvalue weighted by molar-refractivity contribution is 5.74. The van der Waals surface area contributed by atoms with Crippen molar-refractivity contribution in [3.63, 3.8) is 0 Å². The first kappa shape index (κ1) is 25.6. The van der Waals surface area contributed by atoms with Crippen LogP contribution in [0.1, 0.15) is 39.2 Å². The Morgan fingerprint density at radius 1 is 0.639 bits per heavy atom. The van der Waals surface area contributed by atoms with Gasteiger partial charge in [-0.1, -0.05) is 87.9 Å². The van der Waals surface area contributed by atoms with Crippen LogP contribution in [0.3, 0.4) is 0 Å². The molecule has 4 aromatic carbocycles. The van der Waals surface area contributed by atoms with Crippen molar-refractivity contribution in [2.24, 2.45) is 5.92 Å². The number of hydrogen-bond donors (Lipinski definition) is 0. The highest BCUT2D eigenvalue weighted by Gasteiger charge is 2.15. The number of hydrogen-bond acceptors (Lipinski definition) is 1. The second kappa shape index (κ2) is 11.5. The van der Waals surface area contributed by atoms with Crippen molar-refractivity contribution in [2.75, 3.05) is 6.61 Å². The van der Waals surface area contributed by atoms with E-state index >= 15 is 4.39 Å². The Bertz CT molecular complexity index is 1290. The van der Waals surface area contributed by atoms with E-state index in [1.54, 1.807) is 36.4 Å². The molecular weight excluding hydrogens is 457 g/mol. The monoisotopic (exact) mass is 488 g/mol. The number of aryl methyl sites for hydroxylation is 1. The van der Waals surface area contributed by atoms with E-state index < -0.39 is 11.6 Å². The molecule has 186 valence electrons. The van der Waals surface area contributed by atoms with E-state index in [2.05, 4.69) is 19.1 Å². The fourth-order valence-corrected chi connectivity index (χ4v) is 4.13. The zero-order valence-corrected chi connectivity index (χ0v) is 21.0. The van der Waals surface area contributed by atoms with E-state index in [-0.39, 0.29) is 24.1 Å². The van der Waals surface area contributed by atoms with Crippen LogP contribution in [0.2, 0.25) is 0 Å². The van der Waals surface area contributed by atoms with Crippen molar-refractivity contribution in [1.29, 1.82) is 0 Å². The molecule has 1 nitrogen and oxygen atoms in total. The molecule has 0 atom stereocenters. The van der Waals surface area contributed by atoms with E-state index in [0.29, 0.717) is 22.3 Å². The van der Waals surface area contributed by atoms with Gasteiger partial charge in [0.2, 0.25) is 0 Å². The Balaban J connectivity index is 1.52. The SMILES string of the molecule is CCCCc1ccc(-c2ccc(-c3ccc(-c4cc(F)c(OCC(C)C)c(F)c4)cc3)c(F)c2)cc1. The quantitative estimate of drug-likeness (QED) is 0.228. The van der Waals surface area contributed by atoms with Crippen LogP contribution in [0, 0.1) is 23.4 Å². The summed E-state index contributed by atoms with van der Waals surface area (Å²) >= 11 is 0. The van der Waals surface area contributed by atoms with Gasteiger partial charge in [-0.3, -0.25) is 0 Å². The fraction of sp³-hybridized carbons (Fsp3) is 0.250. The predicted octanol–water partition coefficient (Wildman–Crippen LogP) is 9.48. The molecule has 0 fully saturated rings. The molecule has 0 aromatic heterocycles. The van der Waals surface area contributed by atoms with Gasteiger partial charge in [0.15, 0.2) is 17.4 Å². The number of halogens is 3. The molecule has 0 aliphatic heterocycles. The summed E-state index contributed by atoms with van der Waals surface area (Å²) in [6.07, 6.45) is 3.36. The third kappa shape index (κ3) is 5.99. The Labute approximate surface area is 211 Å². The summed E-state index contributed by atoms with van der Waals surface area (Å²) in [5, 5.41) is 0. The molecule has 4 rings (SSSR count). The average Bonchev–Trinajstić information content (AvgIpc) is 2.87. The minimum Gasteiger partial charge on any atom is -0.487 e. The van der Waals surface area contributed by atoms with Crippen LogP contribution in [-0.4, -0.2) is 6.61 Å². The molecule has 4 heteroatoms. The zero-order chi connectivity index (χ0) is 25.7. The minimum atomic E-state index is -0.741. The molecule has 0 saturated carbocycles. The van der Waals surface area contributed by atoms with Gasteiger partial charge in [-0.15, -0.1) is 0 Å². The lowest BCUT2D eigenvalue weighted by Crippen LogP contribution is -2.07. The van der Waals surface area contributed by atoms with Gasteiger partial charge in [-0.25, -0.2) is 13.2 Å². The van der Waals surface area contributed by atoms with Gasteiger partial charge < -0.3 is 4.74 Å². The molecule has 0 radical (unpaired) electrons. The van der Waals surface area contributed by atoms with Gasteiger partial charge in [0.25, 0.3) is 0 Å². The molecule has 0 amide bonds. The van der Waals surface area contributed by atoms with Gasteiger partial charge >= 0.3 is 0 Å². The van der Waals surface area contributed by atoms with E-state index in [1.807, 2.05) is 32.0 Å². The van der Waals surface area contributed by atoms with E-state index in [1.165, 1.54) is 17.7 Å². The van der Waals surface area contributed by atoms with Gasteiger partial charge in [0.05, 0.1) is 6.61 Å². The van der Waals surface area contributed by atoms with E-state index in [0.717, 1.165) is 30.4 Å². The maximum atomic E-state index is 15.1. The summed E-state index contributed by atoms with van der Waals surface area (Å²) in [6, 6.07) is 23.0. The van der Waals surface area contributed by atoms with E-state index in [9.17, 15) is 8.78 Å². The van der Waals surface area contributed by atoms with Crippen molar-refractivity contribution < 1.29 is 17.9 Å². The molecule has 0 bridgehead atoms. The van der Waals surface area contributed by atoms with Gasteiger partial charge in [0.1, 0.15) is 5.82 Å². The van der Waals surface area contributed by atoms with Crippen molar-refractivity contribution in [3.8, 4) is 39.1 Å². The first-order valence-corrected chi connectivity index (χ1v) is 12.5. The van der Waals surface area contributed by atoms with Crippen LogP contribution in [0.25, 0.3) is 33.4 Å². The Hall–Kier alpha value is -3.53. The minimum absolute atomic E-state index is 0.154. The Morgan fingerprint density at radius 2 is 1.17 bits per heavy atom. The van der Waals surface area contributed by atoms with Gasteiger partial charge in [-0.05, 0) is 70.3 Å². The normalized spacial score (nSPS) is 11.2. The van der Waals surface area contributed by atoms with Crippen molar-refractivity contribution in [3.05, 3.63) is 102 Å². The van der Waals surface area contributed by atoms with Crippen molar-refractivity contribution >= 4 is 0 Å². The van der Waals surface area contributed by atoms with E-state index in [4.69, 9.17) is 4.74 Å². The molecule has 0 unspecified atom stereocenters. The molecule has 0 aliphatic carbocycles. The highest BCUT2D eigenvalue weighted by Crippen LogP contribution is 2.32. The fourth-order valence-electron chi connectivity index (χ4n) is 4.13. The molecule has 0 spiro atoms. The molecule has 0 aliphatic rings. The maximum absolute atomic E-state index is 15.1. The lowest BCUT2D eigenvalue weighted by atomic mass is 9.96. The van der Waals surface area contributed by atoms with Crippen LogP contribution in [-0.2, 0) is 6.42 Å². The molecule has 0 heterocycles. The van der Waals surface area contributed by atoms with Gasteiger partial charge in [-0.2, -0.15) is 0 Å². The molecule has 36 heavy (non-hydrogen) atoms. The summed E-state index contributed by atoms with van der Waals surface area (Å²) < 4.78 is 49.3. The number of rotatable bonds is 9. The maximum Gasteiger partial charge on any atom is 0.190 e. The first-order valence-electron chi connectivity index (χ1n) is 12.5. The lowest BCUT2D eigenvalue weighted by Gasteiger charge is -2.12. The van der Waals surface area contributed by atoms with Gasteiger partial charge in [0, 0.05) is 5.56 Å². The number of unbranched alkanes of at least 4 members (excludes halogenated alkanes) is 1. The van der Waals surface area contributed by atoms with Crippen LogP contribution < -0.4 is 4.74 Å². The first-order chi connectivity index (χ1) is 17.4.